The van der Waals surface area contributed by atoms with E-state index in [9.17, 15) is 18.7 Å². The predicted octanol–water partition coefficient (Wildman–Crippen LogP) is 2.33. The zero-order valence-electron chi connectivity index (χ0n) is 10.3. The van der Waals surface area contributed by atoms with Gasteiger partial charge in [-0.05, 0) is 44.4 Å². The molecular formula is C13H15F2NO2. The highest BCUT2D eigenvalue weighted by molar-refractivity contribution is 5.80. The second-order valence-corrected chi connectivity index (χ2v) is 4.93. The predicted molar refractivity (Wildman–Crippen MR) is 62.2 cm³/mol. The summed E-state index contributed by atoms with van der Waals surface area (Å²) < 4.78 is 27.4. The summed E-state index contributed by atoms with van der Waals surface area (Å²) in [5.74, 6) is -2.51. The molecule has 1 aliphatic rings. The number of carboxylic acids is 1. The molecule has 5 heteroatoms. The monoisotopic (exact) mass is 255 g/mol. The fourth-order valence-electron chi connectivity index (χ4n) is 1.92. The summed E-state index contributed by atoms with van der Waals surface area (Å²) in [6.45, 7) is 2.80. The van der Waals surface area contributed by atoms with Crippen molar-refractivity contribution in [3.8, 4) is 0 Å². The summed E-state index contributed by atoms with van der Waals surface area (Å²) in [7, 11) is 0. The number of halogens is 2. The molecule has 1 unspecified atom stereocenters. The fraction of sp³-hybridized carbons (Fsp3) is 0.462. The molecule has 1 fully saturated rings. The Morgan fingerprint density at radius 3 is 2.50 bits per heavy atom. The Hall–Kier alpha value is -1.49. The highest BCUT2D eigenvalue weighted by atomic mass is 19.1. The lowest BCUT2D eigenvalue weighted by Gasteiger charge is -2.27. The van der Waals surface area contributed by atoms with E-state index < -0.39 is 23.1 Å². The van der Waals surface area contributed by atoms with E-state index in [-0.39, 0.29) is 17.2 Å². The Morgan fingerprint density at radius 1 is 1.39 bits per heavy atom. The van der Waals surface area contributed by atoms with Crippen LogP contribution in [0.25, 0.3) is 0 Å². The topological polar surface area (TPSA) is 49.3 Å². The fourth-order valence-corrected chi connectivity index (χ4v) is 1.92. The zero-order valence-corrected chi connectivity index (χ0v) is 10.3. The molecule has 0 amide bonds. The molecule has 2 rings (SSSR count). The number of aliphatic carboxylic acids is 1. The van der Waals surface area contributed by atoms with Gasteiger partial charge in [0.2, 0.25) is 0 Å². The Kier molecular flexibility index (Phi) is 3.11. The summed E-state index contributed by atoms with van der Waals surface area (Å²) in [4.78, 5) is 11.4. The van der Waals surface area contributed by atoms with Gasteiger partial charge in [-0.1, -0.05) is 0 Å². The molecule has 0 bridgehead atoms. The van der Waals surface area contributed by atoms with Crippen molar-refractivity contribution in [1.29, 1.82) is 0 Å². The van der Waals surface area contributed by atoms with Crippen molar-refractivity contribution >= 4 is 5.97 Å². The van der Waals surface area contributed by atoms with E-state index in [0.29, 0.717) is 0 Å². The third kappa shape index (κ3) is 2.22. The van der Waals surface area contributed by atoms with Gasteiger partial charge in [-0.15, -0.1) is 0 Å². The van der Waals surface area contributed by atoms with Crippen LogP contribution in [-0.4, -0.2) is 17.1 Å². The van der Waals surface area contributed by atoms with Crippen LogP contribution in [0, 0.1) is 18.6 Å². The molecule has 18 heavy (non-hydrogen) atoms. The molecule has 0 heterocycles. The minimum Gasteiger partial charge on any atom is -0.480 e. The molecule has 0 spiro atoms. The lowest BCUT2D eigenvalue weighted by atomic mass is 9.90. The third-order valence-electron chi connectivity index (χ3n) is 3.28. The Balaban J connectivity index is 2.47. The van der Waals surface area contributed by atoms with Crippen molar-refractivity contribution in [2.45, 2.75) is 38.3 Å². The van der Waals surface area contributed by atoms with Gasteiger partial charge in [0.15, 0.2) is 0 Å². The molecule has 1 aromatic rings. The van der Waals surface area contributed by atoms with Crippen molar-refractivity contribution in [3.05, 3.63) is 34.9 Å². The quantitative estimate of drug-likeness (QED) is 0.868. The molecule has 3 nitrogen and oxygen atoms in total. The van der Waals surface area contributed by atoms with Crippen LogP contribution in [0.1, 0.15) is 30.9 Å². The Bertz CT molecular complexity index is 500. The second kappa shape index (κ2) is 4.31. The molecule has 1 atom stereocenters. The second-order valence-electron chi connectivity index (χ2n) is 4.93. The van der Waals surface area contributed by atoms with Gasteiger partial charge >= 0.3 is 5.97 Å². The van der Waals surface area contributed by atoms with Crippen molar-refractivity contribution in [3.63, 3.8) is 0 Å². The third-order valence-corrected chi connectivity index (χ3v) is 3.28. The van der Waals surface area contributed by atoms with Gasteiger partial charge in [0.25, 0.3) is 0 Å². The molecular weight excluding hydrogens is 240 g/mol. The maximum Gasteiger partial charge on any atom is 0.328 e. The number of rotatable bonds is 4. The number of aryl methyl sites for hydroxylation is 1. The Morgan fingerprint density at radius 2 is 2.00 bits per heavy atom. The average molecular weight is 255 g/mol. The Labute approximate surface area is 104 Å². The van der Waals surface area contributed by atoms with Crippen LogP contribution >= 0.6 is 0 Å². The van der Waals surface area contributed by atoms with Gasteiger partial charge in [0.05, 0.1) is 0 Å². The normalized spacial score (nSPS) is 18.4. The number of hydrogen-bond acceptors (Lipinski definition) is 2. The SMILES string of the molecule is Cc1cc(F)c(C(C)(NC2CC2)C(=O)O)cc1F. The van der Waals surface area contributed by atoms with Crippen LogP contribution in [0.5, 0.6) is 0 Å². The summed E-state index contributed by atoms with van der Waals surface area (Å²) >= 11 is 0. The molecule has 0 aromatic heterocycles. The number of hydrogen-bond donors (Lipinski definition) is 2. The summed E-state index contributed by atoms with van der Waals surface area (Å²) in [6.07, 6.45) is 1.72. The zero-order chi connectivity index (χ0) is 13.5. The molecule has 1 aromatic carbocycles. The lowest BCUT2D eigenvalue weighted by Crippen LogP contribution is -2.48. The van der Waals surface area contributed by atoms with E-state index >= 15 is 0 Å². The molecule has 0 saturated heterocycles. The molecule has 1 saturated carbocycles. The smallest absolute Gasteiger partial charge is 0.328 e. The van der Waals surface area contributed by atoms with Crippen LogP contribution in [-0.2, 0) is 10.3 Å². The van der Waals surface area contributed by atoms with E-state index in [1.54, 1.807) is 0 Å². The van der Waals surface area contributed by atoms with Crippen LogP contribution in [0.4, 0.5) is 8.78 Å². The van der Waals surface area contributed by atoms with E-state index in [0.717, 1.165) is 25.0 Å². The van der Waals surface area contributed by atoms with Gasteiger partial charge in [0, 0.05) is 11.6 Å². The van der Waals surface area contributed by atoms with E-state index in [4.69, 9.17) is 0 Å². The maximum absolute atomic E-state index is 13.9. The summed E-state index contributed by atoms with van der Waals surface area (Å²) in [6, 6.07) is 2.06. The van der Waals surface area contributed by atoms with Crippen LogP contribution in [0.15, 0.2) is 12.1 Å². The van der Waals surface area contributed by atoms with Crippen molar-refractivity contribution < 1.29 is 18.7 Å². The van der Waals surface area contributed by atoms with Gasteiger partial charge in [-0.2, -0.15) is 0 Å². The number of carbonyl (C=O) groups is 1. The highest BCUT2D eigenvalue weighted by Crippen LogP contribution is 2.31. The van der Waals surface area contributed by atoms with Gasteiger partial charge in [-0.3, -0.25) is 5.32 Å². The van der Waals surface area contributed by atoms with Crippen LogP contribution in [0.2, 0.25) is 0 Å². The van der Waals surface area contributed by atoms with E-state index in [2.05, 4.69) is 5.32 Å². The first-order valence-electron chi connectivity index (χ1n) is 5.82. The van der Waals surface area contributed by atoms with E-state index in [1.807, 2.05) is 0 Å². The molecule has 0 aliphatic heterocycles. The first kappa shape index (κ1) is 13.0. The molecule has 1 aliphatic carbocycles. The highest BCUT2D eigenvalue weighted by Gasteiger charge is 2.42. The first-order chi connectivity index (χ1) is 8.34. The summed E-state index contributed by atoms with van der Waals surface area (Å²) in [5, 5.41) is 12.2. The van der Waals surface area contributed by atoms with Gasteiger partial charge < -0.3 is 5.11 Å². The van der Waals surface area contributed by atoms with E-state index in [1.165, 1.54) is 13.8 Å². The minimum atomic E-state index is -1.60. The number of carboxylic acid groups (broad SMARTS) is 1. The van der Waals surface area contributed by atoms with Crippen molar-refractivity contribution in [1.82, 2.24) is 5.32 Å². The maximum atomic E-state index is 13.9. The summed E-state index contributed by atoms with van der Waals surface area (Å²) in [5.41, 5.74) is -1.60. The molecule has 2 N–H and O–H groups in total. The molecule has 98 valence electrons. The molecule has 0 radical (unpaired) electrons. The van der Waals surface area contributed by atoms with Crippen LogP contribution in [0.3, 0.4) is 0 Å². The lowest BCUT2D eigenvalue weighted by molar-refractivity contribution is -0.144. The number of benzene rings is 1. The first-order valence-corrected chi connectivity index (χ1v) is 5.82. The van der Waals surface area contributed by atoms with Crippen molar-refractivity contribution in [2.24, 2.45) is 0 Å². The minimum absolute atomic E-state index is 0.0647. The number of nitrogens with one attached hydrogen (secondary N) is 1. The van der Waals surface area contributed by atoms with Crippen LogP contribution < -0.4 is 5.32 Å². The largest absolute Gasteiger partial charge is 0.480 e. The standard InChI is InChI=1S/C13H15F2NO2/c1-7-5-11(15)9(6-10(7)14)13(2,12(17)18)16-8-3-4-8/h5-6,8,16H,3-4H2,1-2H3,(H,17,18). The average Bonchev–Trinajstić information content (AvgIpc) is 3.06. The van der Waals surface area contributed by atoms with Gasteiger partial charge in [0.1, 0.15) is 17.2 Å². The van der Waals surface area contributed by atoms with Crippen molar-refractivity contribution in [2.75, 3.05) is 0 Å². The van der Waals surface area contributed by atoms with Gasteiger partial charge in [-0.25, -0.2) is 13.6 Å².